The highest BCUT2D eigenvalue weighted by Crippen LogP contribution is 2.18. The number of quaternary nitrogens is 1. The molecule has 0 spiro atoms. The van der Waals surface area contributed by atoms with Gasteiger partial charge in [0, 0.05) is 12.8 Å². The minimum Gasteiger partial charge on any atom is -0.477 e. The van der Waals surface area contributed by atoms with E-state index in [1.165, 1.54) is 180 Å². The number of unbranched alkanes of at least 4 members (excludes halogenated alkanes) is 34. The second-order valence-electron chi connectivity index (χ2n) is 29.1. The Morgan fingerprint density at radius 1 is 0.301 bits per heavy atom. The lowest BCUT2D eigenvalue weighted by Crippen LogP contribution is -2.40. The summed E-state index contributed by atoms with van der Waals surface area (Å²) in [7, 11) is 5.97. The maximum Gasteiger partial charge on any atom is 0.361 e. The molecule has 0 heterocycles. The van der Waals surface area contributed by atoms with Gasteiger partial charge in [0.15, 0.2) is 6.10 Å². The molecule has 0 saturated carbocycles. The van der Waals surface area contributed by atoms with E-state index in [1.54, 1.807) is 0 Å². The van der Waals surface area contributed by atoms with Gasteiger partial charge in [0.25, 0.3) is 6.29 Å². The molecule has 0 fully saturated rings. The first-order valence-corrected chi connectivity index (χ1v) is 42.3. The summed E-state index contributed by atoms with van der Waals surface area (Å²) in [6.07, 6.45) is 121. The number of carbonyl (C=O) groups excluding carboxylic acids is 2. The lowest BCUT2D eigenvalue weighted by Gasteiger charge is -2.25. The van der Waals surface area contributed by atoms with E-state index >= 15 is 0 Å². The summed E-state index contributed by atoms with van der Waals surface area (Å²) in [5.41, 5.74) is 0. The maximum atomic E-state index is 13.0. The van der Waals surface area contributed by atoms with Crippen molar-refractivity contribution in [2.45, 2.75) is 360 Å². The van der Waals surface area contributed by atoms with E-state index in [2.05, 4.69) is 184 Å². The van der Waals surface area contributed by atoms with Crippen LogP contribution in [0.15, 0.2) is 170 Å². The van der Waals surface area contributed by atoms with Gasteiger partial charge < -0.3 is 28.5 Å². The summed E-state index contributed by atoms with van der Waals surface area (Å²) in [5, 5.41) is 9.78. The normalized spacial score (nSPS) is 13.5. The van der Waals surface area contributed by atoms with Crippen molar-refractivity contribution < 1.29 is 42.9 Å². The topological polar surface area (TPSA) is 108 Å². The Labute approximate surface area is 635 Å². The molecule has 0 radical (unpaired) electrons. The number of likely N-dealkylation sites (N-methyl/N-ethyl adjacent to an activating group) is 1. The molecule has 1 N–H and O–H groups in total. The Morgan fingerprint density at radius 2 is 0.553 bits per heavy atom. The Kier molecular flexibility index (Phi) is 78.0. The Balaban J connectivity index is 4.08. The van der Waals surface area contributed by atoms with Crippen LogP contribution in [0.25, 0.3) is 0 Å². The van der Waals surface area contributed by atoms with Crippen molar-refractivity contribution in [3.63, 3.8) is 0 Å². The third kappa shape index (κ3) is 83.8. The SMILES string of the molecule is CC/C=C\C/C=C\C/C=C\C/C=C\C/C=C\C/C=C\C/C=C\C/C=C\C/C=C\C/C=C\C/C=C\CCCCCCCC(=O)OC(COC(=O)CCCCCCCCCCCCCCCCCCCCCCCCCC/C=C\C/C=C\C/C=C\CCCCCCC)COC(OCC[N+](C)(C)C)C(=O)O. The molecule has 0 aliphatic carbocycles. The Bertz CT molecular complexity index is 2310. The fourth-order valence-electron chi connectivity index (χ4n) is 11.6. The van der Waals surface area contributed by atoms with E-state index in [4.69, 9.17) is 18.9 Å². The molecule has 586 valence electrons. The second kappa shape index (κ2) is 82.3. The summed E-state index contributed by atoms with van der Waals surface area (Å²) in [4.78, 5) is 37.8. The van der Waals surface area contributed by atoms with Crippen molar-refractivity contribution >= 4 is 17.9 Å². The molecular weight excluding hydrogens is 1270 g/mol. The summed E-state index contributed by atoms with van der Waals surface area (Å²) >= 11 is 0. The van der Waals surface area contributed by atoms with Crippen molar-refractivity contribution in [1.29, 1.82) is 0 Å². The highest BCUT2D eigenvalue weighted by atomic mass is 16.7. The predicted molar refractivity (Wildman–Crippen MR) is 446 cm³/mol. The molecule has 2 atom stereocenters. The van der Waals surface area contributed by atoms with E-state index in [9.17, 15) is 19.5 Å². The molecule has 0 saturated heterocycles. The zero-order chi connectivity index (χ0) is 74.6. The highest BCUT2D eigenvalue weighted by molar-refractivity contribution is 5.71. The number of hydrogen-bond acceptors (Lipinski definition) is 7. The van der Waals surface area contributed by atoms with Crippen molar-refractivity contribution in [3.05, 3.63) is 170 Å². The van der Waals surface area contributed by atoms with Gasteiger partial charge in [-0.1, -0.05) is 370 Å². The first-order valence-electron chi connectivity index (χ1n) is 42.3. The van der Waals surface area contributed by atoms with E-state index in [1.807, 2.05) is 21.1 Å². The van der Waals surface area contributed by atoms with Crippen LogP contribution >= 0.6 is 0 Å². The van der Waals surface area contributed by atoms with E-state index in [0.717, 1.165) is 135 Å². The van der Waals surface area contributed by atoms with Crippen LogP contribution in [0.5, 0.6) is 0 Å². The zero-order valence-corrected chi connectivity index (χ0v) is 67.2. The average Bonchev–Trinajstić information content (AvgIpc) is 0.985. The summed E-state index contributed by atoms with van der Waals surface area (Å²) < 4.78 is 23.0. The Hall–Kier alpha value is -5.35. The van der Waals surface area contributed by atoms with Crippen LogP contribution < -0.4 is 0 Å². The molecule has 0 aliphatic heterocycles. The highest BCUT2D eigenvalue weighted by Gasteiger charge is 2.25. The van der Waals surface area contributed by atoms with Crippen LogP contribution in [0.3, 0.4) is 0 Å². The minimum atomic E-state index is -1.53. The molecular formula is C94H158NO8+. The van der Waals surface area contributed by atoms with Crippen LogP contribution in [-0.4, -0.2) is 87.4 Å². The lowest BCUT2D eigenvalue weighted by atomic mass is 10.0. The number of nitrogens with zero attached hydrogens (tertiary/aromatic N) is 1. The molecule has 0 aromatic carbocycles. The van der Waals surface area contributed by atoms with Gasteiger partial charge >= 0.3 is 17.9 Å². The number of carbonyl (C=O) groups is 3. The number of hydrogen-bond donors (Lipinski definition) is 1. The predicted octanol–water partition coefficient (Wildman–Crippen LogP) is 27.7. The third-order valence-corrected chi connectivity index (χ3v) is 18.0. The first-order chi connectivity index (χ1) is 50.6. The van der Waals surface area contributed by atoms with Crippen molar-refractivity contribution in [2.24, 2.45) is 0 Å². The van der Waals surface area contributed by atoms with Gasteiger partial charge in [-0.3, -0.25) is 9.59 Å². The maximum absolute atomic E-state index is 13.0. The second-order valence-corrected chi connectivity index (χ2v) is 29.1. The van der Waals surface area contributed by atoms with Gasteiger partial charge in [-0.15, -0.1) is 0 Å². The fourth-order valence-corrected chi connectivity index (χ4v) is 11.6. The molecule has 103 heavy (non-hydrogen) atoms. The van der Waals surface area contributed by atoms with Gasteiger partial charge in [-0.05, 0) is 135 Å². The lowest BCUT2D eigenvalue weighted by molar-refractivity contribution is -0.870. The van der Waals surface area contributed by atoms with Crippen molar-refractivity contribution in [3.8, 4) is 0 Å². The van der Waals surface area contributed by atoms with Gasteiger partial charge in [0.1, 0.15) is 13.2 Å². The fraction of sp³-hybridized carbons (Fsp3) is 0.670. The van der Waals surface area contributed by atoms with Crippen LogP contribution in [0, 0.1) is 0 Å². The minimum absolute atomic E-state index is 0.177. The van der Waals surface area contributed by atoms with Gasteiger partial charge in [0.05, 0.1) is 34.4 Å². The van der Waals surface area contributed by atoms with Crippen molar-refractivity contribution in [1.82, 2.24) is 0 Å². The smallest absolute Gasteiger partial charge is 0.361 e. The third-order valence-electron chi connectivity index (χ3n) is 18.0. The van der Waals surface area contributed by atoms with Crippen molar-refractivity contribution in [2.75, 3.05) is 47.5 Å². The number of allylic oxidation sites excluding steroid dienone is 28. The van der Waals surface area contributed by atoms with Crippen LogP contribution in [0.2, 0.25) is 0 Å². The average molecular weight is 1430 g/mol. The largest absolute Gasteiger partial charge is 0.477 e. The van der Waals surface area contributed by atoms with E-state index in [0.29, 0.717) is 23.9 Å². The molecule has 9 nitrogen and oxygen atoms in total. The van der Waals surface area contributed by atoms with Crippen LogP contribution in [0.1, 0.15) is 348 Å². The van der Waals surface area contributed by atoms with Gasteiger partial charge in [-0.25, -0.2) is 4.79 Å². The molecule has 0 amide bonds. The molecule has 0 rings (SSSR count). The van der Waals surface area contributed by atoms with Crippen LogP contribution in [-0.2, 0) is 33.3 Å². The summed E-state index contributed by atoms with van der Waals surface area (Å²) in [6, 6.07) is 0. The summed E-state index contributed by atoms with van der Waals surface area (Å²) in [5.74, 6) is -2.03. The number of aliphatic carboxylic acids is 1. The molecule has 2 unspecified atom stereocenters. The number of rotatable bonds is 77. The van der Waals surface area contributed by atoms with Gasteiger partial charge in [-0.2, -0.15) is 0 Å². The number of esters is 2. The number of ether oxygens (including phenoxy) is 4. The first kappa shape index (κ1) is 97.7. The molecule has 0 bridgehead atoms. The standard InChI is InChI=1S/C94H157NO8/c1-6-8-10-12-14-16-18-20-22-24-26-28-30-32-34-36-38-40-42-44-46-48-50-52-54-56-58-60-62-64-66-68-70-72-74-76-78-80-82-84-91(96)101-88-90(89-102-94(93(98)99)100-87-86-95(3,4)5)103-92(97)85-83-81-79-77-75-73-71-69-67-65-63-61-59-57-55-53-51-49-47-45-43-41-39-37-35-33-31-29-27-25-23-21-19-17-15-13-11-9-7-2/h9,11,15,17-18,20-21,23-24,26-27,29-30,32-33,35,39,41,45,47,51,53,57,59,63,65,69,71,90,94H,6-8,10,12-14,16,19,22,25,28,31,34,36-38,40,42-44,46,48-50,52,54-56,58,60-62,64,66-68,70,72-89H2,1-5H3/p+1/b11-9-,17-15-,20-18-,23-21-,26-24-,29-27-,32-30-,35-33-,41-39-,47-45-,53-51-,59-57-,65-63-,71-69-. The number of carboxylic acids is 1. The molecule has 0 aliphatic rings. The van der Waals surface area contributed by atoms with Gasteiger partial charge in [0.2, 0.25) is 0 Å². The Morgan fingerprint density at radius 3 is 0.825 bits per heavy atom. The van der Waals surface area contributed by atoms with E-state index < -0.39 is 24.3 Å². The molecule has 0 aromatic rings. The zero-order valence-electron chi connectivity index (χ0n) is 67.2. The monoisotopic (exact) mass is 1430 g/mol. The van der Waals surface area contributed by atoms with E-state index in [-0.39, 0.29) is 32.2 Å². The van der Waals surface area contributed by atoms with Crippen LogP contribution in [0.4, 0.5) is 0 Å². The molecule has 0 aromatic heterocycles. The number of carboxylic acid groups (broad SMARTS) is 1. The summed E-state index contributed by atoms with van der Waals surface area (Å²) in [6.45, 7) is 4.74. The quantitative estimate of drug-likeness (QED) is 0.0211. The molecule has 9 heteroatoms.